The molecule has 0 amide bonds. The van der Waals surface area contributed by atoms with Gasteiger partial charge in [0.05, 0.1) is 6.42 Å². The second-order valence-electron chi connectivity index (χ2n) is 3.53. The van der Waals surface area contributed by atoms with E-state index in [1.807, 2.05) is 0 Å². The molecule has 0 aliphatic rings. The van der Waals surface area contributed by atoms with Crippen LogP contribution in [0.25, 0.3) is 0 Å². The fourth-order valence-corrected chi connectivity index (χ4v) is 2.60. The molecule has 0 rings (SSSR count). The molecule has 0 aromatic rings. The van der Waals surface area contributed by atoms with Crippen molar-refractivity contribution in [2.75, 3.05) is 25.4 Å². The zero-order valence-electron chi connectivity index (χ0n) is 10.0. The van der Waals surface area contributed by atoms with Crippen LogP contribution in [-0.2, 0) is 4.79 Å². The average molecular weight is 233 g/mol. The van der Waals surface area contributed by atoms with E-state index < -0.39 is 5.97 Å². The third-order valence-electron chi connectivity index (χ3n) is 2.51. The Labute approximate surface area is 97.2 Å². The Balaban J connectivity index is 3.66. The summed E-state index contributed by atoms with van der Waals surface area (Å²) in [6.07, 6.45) is 1.23. The highest BCUT2D eigenvalue weighted by Crippen LogP contribution is 2.18. The van der Waals surface area contributed by atoms with Crippen LogP contribution in [0.1, 0.15) is 33.6 Å². The van der Waals surface area contributed by atoms with Crippen LogP contribution in [0.3, 0.4) is 0 Å². The Morgan fingerprint density at radius 2 is 1.93 bits per heavy atom. The molecule has 0 spiro atoms. The van der Waals surface area contributed by atoms with Crippen LogP contribution < -0.4 is 0 Å². The van der Waals surface area contributed by atoms with Crippen molar-refractivity contribution in [3.63, 3.8) is 0 Å². The van der Waals surface area contributed by atoms with Gasteiger partial charge in [0, 0.05) is 17.5 Å². The van der Waals surface area contributed by atoms with Crippen LogP contribution in [0, 0.1) is 0 Å². The number of hydrogen-bond donors (Lipinski definition) is 1. The zero-order chi connectivity index (χ0) is 11.7. The normalized spacial score (nSPS) is 13.1. The van der Waals surface area contributed by atoms with Gasteiger partial charge in [0.25, 0.3) is 0 Å². The Bertz CT molecular complexity index is 172. The molecule has 1 atom stereocenters. The van der Waals surface area contributed by atoms with Gasteiger partial charge >= 0.3 is 5.97 Å². The third-order valence-corrected chi connectivity index (χ3v) is 3.90. The maximum absolute atomic E-state index is 10.6. The predicted octanol–water partition coefficient (Wildman–Crippen LogP) is 2.31. The molecule has 0 heterocycles. The van der Waals surface area contributed by atoms with Gasteiger partial charge in [-0.25, -0.2) is 0 Å². The van der Waals surface area contributed by atoms with Crippen LogP contribution in [0.15, 0.2) is 0 Å². The smallest absolute Gasteiger partial charge is 0.304 e. The molecule has 0 radical (unpaired) electrons. The van der Waals surface area contributed by atoms with E-state index in [1.165, 1.54) is 0 Å². The van der Waals surface area contributed by atoms with Gasteiger partial charge in [0.15, 0.2) is 0 Å². The monoisotopic (exact) mass is 233 g/mol. The number of thioether (sulfide) groups is 1. The number of nitrogens with zero attached hydrogens (tertiary/aromatic N) is 1. The number of rotatable bonds is 9. The van der Waals surface area contributed by atoms with Crippen molar-refractivity contribution < 1.29 is 9.90 Å². The van der Waals surface area contributed by atoms with Gasteiger partial charge in [-0.2, -0.15) is 11.8 Å². The fourth-order valence-electron chi connectivity index (χ4n) is 1.40. The SMILES string of the molecule is CCC(CC(=O)O)SCCN(CC)CC. The average Bonchev–Trinajstić information content (AvgIpc) is 2.22. The van der Waals surface area contributed by atoms with Crippen molar-refractivity contribution in [2.45, 2.75) is 38.9 Å². The van der Waals surface area contributed by atoms with Crippen molar-refractivity contribution in [1.82, 2.24) is 4.90 Å². The lowest BCUT2D eigenvalue weighted by Crippen LogP contribution is -2.26. The predicted molar refractivity (Wildman–Crippen MR) is 66.6 cm³/mol. The van der Waals surface area contributed by atoms with Crippen LogP contribution in [0.2, 0.25) is 0 Å². The van der Waals surface area contributed by atoms with E-state index in [2.05, 4.69) is 25.7 Å². The van der Waals surface area contributed by atoms with Crippen molar-refractivity contribution >= 4 is 17.7 Å². The summed E-state index contributed by atoms with van der Waals surface area (Å²) in [7, 11) is 0. The van der Waals surface area contributed by atoms with E-state index in [1.54, 1.807) is 11.8 Å². The molecule has 0 aromatic heterocycles. The molecule has 0 bridgehead atoms. The zero-order valence-corrected chi connectivity index (χ0v) is 10.8. The molecular formula is C11H23NO2S. The summed E-state index contributed by atoms with van der Waals surface area (Å²) in [4.78, 5) is 12.9. The highest BCUT2D eigenvalue weighted by Gasteiger charge is 2.11. The van der Waals surface area contributed by atoms with E-state index in [0.717, 1.165) is 31.8 Å². The van der Waals surface area contributed by atoms with E-state index in [0.29, 0.717) is 6.42 Å². The van der Waals surface area contributed by atoms with Crippen LogP contribution >= 0.6 is 11.8 Å². The number of hydrogen-bond acceptors (Lipinski definition) is 3. The molecule has 1 N–H and O–H groups in total. The molecule has 90 valence electrons. The molecule has 0 saturated heterocycles. The largest absolute Gasteiger partial charge is 0.481 e. The van der Waals surface area contributed by atoms with Gasteiger partial charge < -0.3 is 10.0 Å². The first kappa shape index (κ1) is 14.8. The van der Waals surface area contributed by atoms with E-state index in [-0.39, 0.29) is 5.25 Å². The van der Waals surface area contributed by atoms with Crippen molar-refractivity contribution in [3.8, 4) is 0 Å². The van der Waals surface area contributed by atoms with Crippen LogP contribution in [0.4, 0.5) is 0 Å². The summed E-state index contributed by atoms with van der Waals surface area (Å²) >= 11 is 1.79. The molecular weight excluding hydrogens is 210 g/mol. The second kappa shape index (κ2) is 9.04. The summed E-state index contributed by atoms with van der Waals surface area (Å²) in [5.74, 6) is 0.352. The summed E-state index contributed by atoms with van der Waals surface area (Å²) in [5, 5.41) is 8.97. The minimum atomic E-state index is -0.683. The lowest BCUT2D eigenvalue weighted by atomic mass is 10.2. The first-order chi connectivity index (χ1) is 7.13. The van der Waals surface area contributed by atoms with Crippen molar-refractivity contribution in [2.24, 2.45) is 0 Å². The van der Waals surface area contributed by atoms with Gasteiger partial charge in [-0.15, -0.1) is 0 Å². The number of carbonyl (C=O) groups is 1. The number of carboxylic acids is 1. The minimum Gasteiger partial charge on any atom is -0.481 e. The lowest BCUT2D eigenvalue weighted by molar-refractivity contribution is -0.136. The van der Waals surface area contributed by atoms with Crippen LogP contribution in [0.5, 0.6) is 0 Å². The Kier molecular flexibility index (Phi) is 8.91. The Morgan fingerprint density at radius 1 is 1.33 bits per heavy atom. The van der Waals surface area contributed by atoms with Crippen molar-refractivity contribution in [3.05, 3.63) is 0 Å². The first-order valence-corrected chi connectivity index (χ1v) is 6.74. The Morgan fingerprint density at radius 3 is 2.33 bits per heavy atom. The van der Waals surface area contributed by atoms with Gasteiger partial charge in [0.1, 0.15) is 0 Å². The Hall–Kier alpha value is -0.220. The molecule has 4 heteroatoms. The van der Waals surface area contributed by atoms with E-state index >= 15 is 0 Å². The van der Waals surface area contributed by atoms with Gasteiger partial charge in [-0.1, -0.05) is 20.8 Å². The van der Waals surface area contributed by atoms with Crippen LogP contribution in [-0.4, -0.2) is 46.6 Å². The molecule has 0 aromatic carbocycles. The molecule has 3 nitrogen and oxygen atoms in total. The van der Waals surface area contributed by atoms with E-state index in [9.17, 15) is 4.79 Å². The second-order valence-corrected chi connectivity index (χ2v) is 4.93. The van der Waals surface area contributed by atoms with Gasteiger partial charge in [0.2, 0.25) is 0 Å². The molecule has 0 saturated carbocycles. The number of aliphatic carboxylic acids is 1. The highest BCUT2D eigenvalue weighted by molar-refractivity contribution is 7.99. The quantitative estimate of drug-likeness (QED) is 0.663. The first-order valence-electron chi connectivity index (χ1n) is 5.69. The van der Waals surface area contributed by atoms with Gasteiger partial charge in [-0.05, 0) is 19.5 Å². The maximum atomic E-state index is 10.6. The number of carboxylic acid groups (broad SMARTS) is 1. The van der Waals surface area contributed by atoms with Crippen molar-refractivity contribution in [1.29, 1.82) is 0 Å². The summed E-state index contributed by atoms with van der Waals surface area (Å²) in [6.45, 7) is 9.58. The molecule has 0 aliphatic carbocycles. The fraction of sp³-hybridized carbons (Fsp3) is 0.909. The van der Waals surface area contributed by atoms with Gasteiger partial charge in [-0.3, -0.25) is 4.79 Å². The molecule has 0 aliphatic heterocycles. The third kappa shape index (κ3) is 7.68. The summed E-state index contributed by atoms with van der Waals surface area (Å²) < 4.78 is 0. The van der Waals surface area contributed by atoms with E-state index in [4.69, 9.17) is 5.11 Å². The highest BCUT2D eigenvalue weighted by atomic mass is 32.2. The maximum Gasteiger partial charge on any atom is 0.304 e. The molecule has 0 fully saturated rings. The standard InChI is InChI=1S/C11H23NO2S/c1-4-10(9-11(13)14)15-8-7-12(5-2)6-3/h10H,4-9H2,1-3H3,(H,13,14). The molecule has 1 unspecified atom stereocenters. The minimum absolute atomic E-state index is 0.276. The summed E-state index contributed by atoms with van der Waals surface area (Å²) in [6, 6.07) is 0. The molecule has 15 heavy (non-hydrogen) atoms. The lowest BCUT2D eigenvalue weighted by Gasteiger charge is -2.19. The summed E-state index contributed by atoms with van der Waals surface area (Å²) in [5.41, 5.74) is 0. The topological polar surface area (TPSA) is 40.5 Å².